The first-order valence-electron chi connectivity index (χ1n) is 8.28. The first-order valence-corrected chi connectivity index (χ1v) is 10.1. The summed E-state index contributed by atoms with van der Waals surface area (Å²) < 4.78 is 54.2. The summed E-state index contributed by atoms with van der Waals surface area (Å²) in [7, 11) is -3.69. The second-order valence-electron chi connectivity index (χ2n) is 6.27. The number of nitrogens with one attached hydrogen (secondary N) is 1. The van der Waals surface area contributed by atoms with E-state index in [-0.39, 0.29) is 29.6 Å². The van der Waals surface area contributed by atoms with Gasteiger partial charge >= 0.3 is 0 Å². The van der Waals surface area contributed by atoms with Crippen LogP contribution in [0.4, 0.5) is 8.78 Å². The largest absolute Gasteiger partial charge is 0.338 e. The van der Waals surface area contributed by atoms with E-state index >= 15 is 0 Å². The molecule has 1 amide bonds. The summed E-state index contributed by atoms with van der Waals surface area (Å²) in [6, 6.07) is 8.30. The zero-order chi connectivity index (χ0) is 19.6. The van der Waals surface area contributed by atoms with Crippen LogP contribution in [-0.4, -0.2) is 38.4 Å². The first kappa shape index (κ1) is 19.7. The van der Waals surface area contributed by atoms with Gasteiger partial charge < -0.3 is 4.90 Å². The zero-order valence-corrected chi connectivity index (χ0v) is 15.7. The number of carbonyl (C=O) groups excluding carboxylic acids is 1. The van der Waals surface area contributed by atoms with Gasteiger partial charge in [-0.2, -0.15) is 0 Å². The van der Waals surface area contributed by atoms with Crippen molar-refractivity contribution in [3.8, 4) is 0 Å². The van der Waals surface area contributed by atoms with Gasteiger partial charge in [0.1, 0.15) is 11.6 Å². The third-order valence-electron chi connectivity index (χ3n) is 4.39. The number of likely N-dealkylation sites (tertiary alicyclic amines) is 1. The van der Waals surface area contributed by atoms with Gasteiger partial charge in [0.15, 0.2) is 0 Å². The van der Waals surface area contributed by atoms with Crippen LogP contribution in [0.1, 0.15) is 23.2 Å². The molecule has 0 spiro atoms. The van der Waals surface area contributed by atoms with Crippen LogP contribution in [0.2, 0.25) is 5.02 Å². The number of carbonyl (C=O) groups is 1. The number of benzene rings is 2. The number of hydrogen-bond acceptors (Lipinski definition) is 3. The van der Waals surface area contributed by atoms with Crippen LogP contribution >= 0.6 is 11.6 Å². The third-order valence-corrected chi connectivity index (χ3v) is 6.18. The summed E-state index contributed by atoms with van der Waals surface area (Å²) in [5, 5.41) is 0.439. The lowest BCUT2D eigenvalue weighted by Crippen LogP contribution is -2.46. The van der Waals surface area contributed by atoms with E-state index < -0.39 is 27.6 Å². The second kappa shape index (κ2) is 7.92. The lowest BCUT2D eigenvalue weighted by molar-refractivity contribution is 0.0706. The molecule has 0 unspecified atom stereocenters. The van der Waals surface area contributed by atoms with Gasteiger partial charge in [-0.15, -0.1) is 0 Å². The topological polar surface area (TPSA) is 66.5 Å². The summed E-state index contributed by atoms with van der Waals surface area (Å²) in [6.45, 7) is 0.535. The van der Waals surface area contributed by atoms with Crippen molar-refractivity contribution in [3.05, 3.63) is 64.7 Å². The zero-order valence-electron chi connectivity index (χ0n) is 14.2. The molecule has 1 saturated heterocycles. The monoisotopic (exact) mass is 414 g/mol. The Morgan fingerprint density at radius 1 is 1.07 bits per heavy atom. The van der Waals surface area contributed by atoms with Crippen LogP contribution in [-0.2, 0) is 10.0 Å². The van der Waals surface area contributed by atoms with Crippen molar-refractivity contribution >= 4 is 27.5 Å². The fourth-order valence-electron chi connectivity index (χ4n) is 2.93. The number of piperidine rings is 1. The van der Waals surface area contributed by atoms with E-state index in [0.29, 0.717) is 23.9 Å². The molecular weight excluding hydrogens is 398 g/mol. The molecule has 0 bridgehead atoms. The van der Waals surface area contributed by atoms with Gasteiger partial charge in [0, 0.05) is 30.2 Å². The predicted molar refractivity (Wildman–Crippen MR) is 97.1 cm³/mol. The van der Waals surface area contributed by atoms with Crippen LogP contribution in [0.5, 0.6) is 0 Å². The van der Waals surface area contributed by atoms with Crippen LogP contribution in [0.15, 0.2) is 47.4 Å². The average molecular weight is 415 g/mol. The highest BCUT2D eigenvalue weighted by Crippen LogP contribution is 2.19. The number of amides is 1. The highest BCUT2D eigenvalue weighted by atomic mass is 35.5. The fraction of sp³-hybridized carbons (Fsp3) is 0.278. The van der Waals surface area contributed by atoms with Gasteiger partial charge in [0.25, 0.3) is 5.91 Å². The maximum atomic E-state index is 13.8. The molecule has 0 radical (unpaired) electrons. The van der Waals surface area contributed by atoms with Gasteiger partial charge in [-0.1, -0.05) is 11.6 Å². The van der Waals surface area contributed by atoms with Crippen molar-refractivity contribution in [3.63, 3.8) is 0 Å². The molecule has 1 aliphatic rings. The van der Waals surface area contributed by atoms with Crippen LogP contribution in [0.3, 0.4) is 0 Å². The number of halogens is 3. The highest BCUT2D eigenvalue weighted by molar-refractivity contribution is 7.89. The molecule has 1 heterocycles. The molecule has 0 atom stereocenters. The van der Waals surface area contributed by atoms with Crippen molar-refractivity contribution in [1.82, 2.24) is 9.62 Å². The second-order valence-corrected chi connectivity index (χ2v) is 8.42. The van der Waals surface area contributed by atoms with Crippen molar-refractivity contribution in [2.24, 2.45) is 0 Å². The van der Waals surface area contributed by atoms with E-state index in [1.54, 1.807) is 0 Å². The molecular formula is C18H17ClF2N2O3S. The molecule has 2 aromatic rings. The van der Waals surface area contributed by atoms with Gasteiger partial charge in [-0.05, 0) is 49.2 Å². The summed E-state index contributed by atoms with van der Waals surface area (Å²) in [4.78, 5) is 13.9. The minimum absolute atomic E-state index is 0.110. The Morgan fingerprint density at radius 3 is 2.30 bits per heavy atom. The maximum absolute atomic E-state index is 13.8. The molecule has 144 valence electrons. The SMILES string of the molecule is O=C(c1ccc(F)cc1F)N1CCC(NS(=O)(=O)c2ccc(Cl)cc2)CC1. The van der Waals surface area contributed by atoms with Gasteiger partial charge in [0.05, 0.1) is 10.5 Å². The van der Waals surface area contributed by atoms with E-state index in [0.717, 1.165) is 12.1 Å². The molecule has 1 N–H and O–H groups in total. The molecule has 3 rings (SSSR count). The molecule has 0 aromatic heterocycles. The van der Waals surface area contributed by atoms with Crippen LogP contribution in [0, 0.1) is 11.6 Å². The molecule has 2 aromatic carbocycles. The summed E-state index contributed by atoms with van der Waals surface area (Å²) in [5.74, 6) is -2.20. The van der Waals surface area contributed by atoms with Crippen molar-refractivity contribution in [1.29, 1.82) is 0 Å². The smallest absolute Gasteiger partial charge is 0.256 e. The van der Waals surface area contributed by atoms with Crippen LogP contribution < -0.4 is 4.72 Å². The van der Waals surface area contributed by atoms with E-state index in [2.05, 4.69) is 4.72 Å². The average Bonchev–Trinajstić information content (AvgIpc) is 2.62. The Labute approximate surface area is 161 Å². The Morgan fingerprint density at radius 2 is 1.70 bits per heavy atom. The standard InChI is InChI=1S/C18H17ClF2N2O3S/c19-12-1-4-15(5-2-12)27(25,26)22-14-7-9-23(10-8-14)18(24)16-6-3-13(20)11-17(16)21/h1-6,11,14,22H,7-10H2. The first-order chi connectivity index (χ1) is 12.8. The predicted octanol–water partition coefficient (Wildman–Crippen LogP) is 3.20. The lowest BCUT2D eigenvalue weighted by Gasteiger charge is -2.32. The van der Waals surface area contributed by atoms with Crippen molar-refractivity contribution < 1.29 is 22.0 Å². The van der Waals surface area contributed by atoms with E-state index in [1.165, 1.54) is 29.2 Å². The molecule has 27 heavy (non-hydrogen) atoms. The number of sulfonamides is 1. The molecule has 0 aliphatic carbocycles. The lowest BCUT2D eigenvalue weighted by atomic mass is 10.0. The molecule has 1 fully saturated rings. The quantitative estimate of drug-likeness (QED) is 0.835. The minimum Gasteiger partial charge on any atom is -0.338 e. The Hall–Kier alpha value is -2.03. The van der Waals surface area contributed by atoms with E-state index in [9.17, 15) is 22.0 Å². The van der Waals surface area contributed by atoms with Gasteiger partial charge in [-0.25, -0.2) is 21.9 Å². The Kier molecular flexibility index (Phi) is 5.78. The van der Waals surface area contributed by atoms with E-state index in [1.807, 2.05) is 0 Å². The molecule has 9 heteroatoms. The summed E-state index contributed by atoms with van der Waals surface area (Å²) in [6.07, 6.45) is 0.781. The summed E-state index contributed by atoms with van der Waals surface area (Å²) in [5.41, 5.74) is -0.198. The summed E-state index contributed by atoms with van der Waals surface area (Å²) >= 11 is 5.77. The molecule has 5 nitrogen and oxygen atoms in total. The number of rotatable bonds is 4. The normalized spacial score (nSPS) is 15.7. The molecule has 1 aliphatic heterocycles. The van der Waals surface area contributed by atoms with Crippen LogP contribution in [0.25, 0.3) is 0 Å². The number of hydrogen-bond donors (Lipinski definition) is 1. The van der Waals surface area contributed by atoms with Crippen molar-refractivity contribution in [2.45, 2.75) is 23.8 Å². The molecule has 0 saturated carbocycles. The Balaban J connectivity index is 1.61. The Bertz CT molecular complexity index is 944. The third kappa shape index (κ3) is 4.63. The van der Waals surface area contributed by atoms with Crippen molar-refractivity contribution in [2.75, 3.05) is 13.1 Å². The van der Waals surface area contributed by atoms with E-state index in [4.69, 9.17) is 11.6 Å². The van der Waals surface area contributed by atoms with Gasteiger partial charge in [0.2, 0.25) is 10.0 Å². The highest BCUT2D eigenvalue weighted by Gasteiger charge is 2.28. The maximum Gasteiger partial charge on any atom is 0.256 e. The van der Waals surface area contributed by atoms with Gasteiger partial charge in [-0.3, -0.25) is 4.79 Å². The minimum atomic E-state index is -3.69. The number of nitrogens with zero attached hydrogens (tertiary/aromatic N) is 1. The fourth-order valence-corrected chi connectivity index (χ4v) is 4.37.